The molecule has 1 aromatic heterocycles. The highest BCUT2D eigenvalue weighted by molar-refractivity contribution is 9.10. The van der Waals surface area contributed by atoms with Gasteiger partial charge in [0.2, 0.25) is 5.95 Å². The maximum atomic E-state index is 11.8. The van der Waals surface area contributed by atoms with Gasteiger partial charge in [0.05, 0.1) is 17.3 Å². The van der Waals surface area contributed by atoms with Gasteiger partial charge in [-0.2, -0.15) is 0 Å². The molecule has 1 aliphatic heterocycles. The molecule has 2 heterocycles. The van der Waals surface area contributed by atoms with Crippen LogP contribution >= 0.6 is 39.1 Å². The lowest BCUT2D eigenvalue weighted by Crippen LogP contribution is -2.25. The Morgan fingerprint density at radius 2 is 1.84 bits per heavy atom. The minimum absolute atomic E-state index is 0.122. The zero-order chi connectivity index (χ0) is 22.0. The number of carboxylic acid groups (broad SMARTS) is 1. The predicted octanol–water partition coefficient (Wildman–Crippen LogP) is 6.37. The summed E-state index contributed by atoms with van der Waals surface area (Å²) in [4.78, 5) is 23.0. The quantitative estimate of drug-likeness (QED) is 0.409. The third-order valence-electron chi connectivity index (χ3n) is 5.42. The second-order valence-electron chi connectivity index (χ2n) is 7.52. The molecule has 3 aromatic rings. The van der Waals surface area contributed by atoms with Crippen molar-refractivity contribution >= 4 is 51.0 Å². The van der Waals surface area contributed by atoms with E-state index >= 15 is 0 Å². The Morgan fingerprint density at radius 1 is 1.13 bits per heavy atom. The van der Waals surface area contributed by atoms with Gasteiger partial charge in [0.15, 0.2) is 0 Å². The fourth-order valence-electron chi connectivity index (χ4n) is 3.97. The van der Waals surface area contributed by atoms with Gasteiger partial charge in [-0.05, 0) is 67.1 Å². The molecule has 1 N–H and O–H groups in total. The van der Waals surface area contributed by atoms with Gasteiger partial charge in [-0.25, -0.2) is 14.8 Å². The van der Waals surface area contributed by atoms with E-state index in [0.29, 0.717) is 34.5 Å². The second kappa shape index (κ2) is 9.55. The molecule has 1 atom stereocenters. The average molecular weight is 521 g/mol. The number of nitrogens with zero attached hydrogens (tertiary/aromatic N) is 3. The van der Waals surface area contributed by atoms with Crippen LogP contribution < -0.4 is 4.90 Å². The van der Waals surface area contributed by atoms with Crippen LogP contribution in [-0.4, -0.2) is 27.6 Å². The first-order valence-electron chi connectivity index (χ1n) is 9.97. The van der Waals surface area contributed by atoms with Gasteiger partial charge < -0.3 is 10.0 Å². The van der Waals surface area contributed by atoms with Crippen LogP contribution in [0, 0.1) is 0 Å². The molecule has 31 heavy (non-hydrogen) atoms. The van der Waals surface area contributed by atoms with Crippen LogP contribution in [0.1, 0.15) is 46.1 Å². The number of rotatable bonds is 6. The molecule has 0 bridgehead atoms. The van der Waals surface area contributed by atoms with Crippen molar-refractivity contribution in [1.82, 2.24) is 9.97 Å². The number of carboxylic acids is 1. The molecule has 5 nitrogen and oxygen atoms in total. The van der Waals surface area contributed by atoms with Crippen molar-refractivity contribution in [2.24, 2.45) is 0 Å². The smallest absolute Gasteiger partial charge is 0.339 e. The normalized spacial score (nSPS) is 16.0. The number of aromatic carboxylic acids is 1. The van der Waals surface area contributed by atoms with Gasteiger partial charge in [-0.3, -0.25) is 0 Å². The summed E-state index contributed by atoms with van der Waals surface area (Å²) in [5.41, 5.74) is 2.76. The average Bonchev–Trinajstić information content (AvgIpc) is 3.21. The molecular weight excluding hydrogens is 501 g/mol. The summed E-state index contributed by atoms with van der Waals surface area (Å²) < 4.78 is 1.03. The van der Waals surface area contributed by atoms with Crippen LogP contribution in [0.25, 0.3) is 0 Å². The maximum Gasteiger partial charge on any atom is 0.339 e. The lowest BCUT2D eigenvalue weighted by atomic mass is 10.0. The fraction of sp³-hybridized carbons (Fsp3) is 0.261. The molecule has 1 fully saturated rings. The van der Waals surface area contributed by atoms with Crippen LogP contribution in [0.2, 0.25) is 10.0 Å². The van der Waals surface area contributed by atoms with E-state index in [4.69, 9.17) is 23.2 Å². The second-order valence-corrected chi connectivity index (χ2v) is 9.30. The van der Waals surface area contributed by atoms with E-state index in [9.17, 15) is 9.90 Å². The van der Waals surface area contributed by atoms with E-state index in [1.807, 2.05) is 24.3 Å². The molecule has 8 heteroatoms. The third-order valence-corrected chi connectivity index (χ3v) is 6.39. The van der Waals surface area contributed by atoms with Crippen LogP contribution in [0.15, 0.2) is 53.1 Å². The first-order chi connectivity index (χ1) is 14.9. The molecular formula is C23H20BrCl2N3O2. The van der Waals surface area contributed by atoms with Crippen LogP contribution in [0.3, 0.4) is 0 Å². The minimum Gasteiger partial charge on any atom is -0.478 e. The number of aryl methyl sites for hydroxylation is 2. The van der Waals surface area contributed by atoms with E-state index in [2.05, 4.69) is 42.9 Å². The zero-order valence-electron chi connectivity index (χ0n) is 16.6. The Labute approximate surface area is 199 Å². The summed E-state index contributed by atoms with van der Waals surface area (Å²) in [5, 5.41) is 10.7. The van der Waals surface area contributed by atoms with Gasteiger partial charge in [0, 0.05) is 27.3 Å². The summed E-state index contributed by atoms with van der Waals surface area (Å²) in [7, 11) is 0. The van der Waals surface area contributed by atoms with Crippen molar-refractivity contribution in [2.45, 2.75) is 31.7 Å². The summed E-state index contributed by atoms with van der Waals surface area (Å²) >= 11 is 15.7. The molecule has 0 saturated carbocycles. The van der Waals surface area contributed by atoms with Crippen molar-refractivity contribution in [3.63, 3.8) is 0 Å². The largest absolute Gasteiger partial charge is 0.478 e. The SMILES string of the molecule is O=C(O)c1cnc(N2CCCC2c2ccc(Br)cc2)nc1CCc1cc(Cl)cc(Cl)c1. The first kappa shape index (κ1) is 22.1. The highest BCUT2D eigenvalue weighted by Gasteiger charge is 2.29. The fourth-order valence-corrected chi connectivity index (χ4v) is 4.81. The highest BCUT2D eigenvalue weighted by atomic mass is 79.9. The minimum atomic E-state index is -1.03. The number of hydrogen-bond acceptors (Lipinski definition) is 4. The molecule has 0 spiro atoms. The zero-order valence-corrected chi connectivity index (χ0v) is 19.7. The maximum absolute atomic E-state index is 11.8. The molecule has 0 amide bonds. The summed E-state index contributed by atoms with van der Waals surface area (Å²) in [6.45, 7) is 0.830. The molecule has 0 aliphatic carbocycles. The van der Waals surface area contributed by atoms with Crippen molar-refractivity contribution in [1.29, 1.82) is 0 Å². The van der Waals surface area contributed by atoms with Crippen molar-refractivity contribution in [2.75, 3.05) is 11.4 Å². The number of halogens is 3. The van der Waals surface area contributed by atoms with E-state index in [0.717, 1.165) is 29.4 Å². The molecule has 160 valence electrons. The van der Waals surface area contributed by atoms with E-state index < -0.39 is 5.97 Å². The Bertz CT molecular complexity index is 1090. The van der Waals surface area contributed by atoms with E-state index in [-0.39, 0.29) is 11.6 Å². The lowest BCUT2D eigenvalue weighted by Gasteiger charge is -2.25. The number of anilines is 1. The first-order valence-corrected chi connectivity index (χ1v) is 11.5. The van der Waals surface area contributed by atoms with Gasteiger partial charge in [0.1, 0.15) is 0 Å². The lowest BCUT2D eigenvalue weighted by molar-refractivity contribution is 0.0694. The third kappa shape index (κ3) is 5.20. The standard InChI is InChI=1S/C23H20BrCl2N3O2/c24-16-6-4-15(5-7-16)21-2-1-9-29(21)23-27-13-19(22(30)31)20(28-23)8-3-14-10-17(25)12-18(26)11-14/h4-7,10-13,21H,1-3,8-9H2,(H,30,31). The molecule has 0 radical (unpaired) electrons. The van der Waals surface area contributed by atoms with Crippen LogP contribution in [0.4, 0.5) is 5.95 Å². The number of aromatic nitrogens is 2. The number of hydrogen-bond donors (Lipinski definition) is 1. The van der Waals surface area contributed by atoms with Crippen LogP contribution in [0.5, 0.6) is 0 Å². The van der Waals surface area contributed by atoms with E-state index in [1.165, 1.54) is 11.8 Å². The monoisotopic (exact) mass is 519 g/mol. The Hall–Kier alpha value is -2.15. The van der Waals surface area contributed by atoms with Crippen molar-refractivity contribution in [3.05, 3.63) is 85.6 Å². The Morgan fingerprint density at radius 3 is 2.52 bits per heavy atom. The molecule has 2 aromatic carbocycles. The van der Waals surface area contributed by atoms with Gasteiger partial charge in [0.25, 0.3) is 0 Å². The Kier molecular flexibility index (Phi) is 6.80. The summed E-state index contributed by atoms with van der Waals surface area (Å²) in [6.07, 6.45) is 4.48. The predicted molar refractivity (Wildman–Crippen MR) is 126 cm³/mol. The Balaban J connectivity index is 1.61. The highest BCUT2D eigenvalue weighted by Crippen LogP contribution is 2.35. The van der Waals surface area contributed by atoms with Gasteiger partial charge >= 0.3 is 5.97 Å². The number of carbonyl (C=O) groups is 1. The van der Waals surface area contributed by atoms with Gasteiger partial charge in [-0.1, -0.05) is 51.3 Å². The van der Waals surface area contributed by atoms with Crippen molar-refractivity contribution in [3.8, 4) is 0 Å². The van der Waals surface area contributed by atoms with Crippen LogP contribution in [-0.2, 0) is 12.8 Å². The topological polar surface area (TPSA) is 66.3 Å². The molecule has 1 unspecified atom stereocenters. The molecule has 1 saturated heterocycles. The van der Waals surface area contributed by atoms with Gasteiger partial charge in [-0.15, -0.1) is 0 Å². The summed E-state index contributed by atoms with van der Waals surface area (Å²) in [5.74, 6) is -0.467. The molecule has 4 rings (SSSR count). The number of benzene rings is 2. The summed E-state index contributed by atoms with van der Waals surface area (Å²) in [6, 6.07) is 13.8. The molecule has 1 aliphatic rings. The van der Waals surface area contributed by atoms with E-state index in [1.54, 1.807) is 6.07 Å². The van der Waals surface area contributed by atoms with Crippen molar-refractivity contribution < 1.29 is 9.90 Å².